The molecule has 2 aromatic rings. The smallest absolute Gasteiger partial charge is 0.254 e. The van der Waals surface area contributed by atoms with E-state index in [1.807, 2.05) is 36.9 Å². The molecule has 1 amide bonds. The van der Waals surface area contributed by atoms with Gasteiger partial charge >= 0.3 is 0 Å². The van der Waals surface area contributed by atoms with Gasteiger partial charge in [-0.3, -0.25) is 9.69 Å². The molecule has 2 aromatic carbocycles. The number of carbonyl (C=O) groups is 1. The van der Waals surface area contributed by atoms with E-state index < -0.39 is 0 Å². The number of rotatable bonds is 9. The minimum absolute atomic E-state index is 0.0675. The van der Waals surface area contributed by atoms with E-state index in [2.05, 4.69) is 35.2 Å². The highest BCUT2D eigenvalue weighted by atomic mass is 16.5. The van der Waals surface area contributed by atoms with Crippen molar-refractivity contribution >= 4 is 5.91 Å². The Bertz CT molecular complexity index is 771. The second-order valence-electron chi connectivity index (χ2n) is 7.25. The number of hydrogen-bond acceptors (Lipinski definition) is 4. The number of amides is 1. The van der Waals surface area contributed by atoms with Gasteiger partial charge in [0.05, 0.1) is 13.2 Å². The Morgan fingerprint density at radius 1 is 0.897 bits per heavy atom. The number of nitrogens with zero attached hydrogens (tertiary/aromatic N) is 2. The van der Waals surface area contributed by atoms with Crippen molar-refractivity contribution in [3.63, 3.8) is 0 Å². The molecule has 3 rings (SSSR count). The molecule has 1 saturated heterocycles. The molecule has 1 heterocycles. The monoisotopic (exact) mass is 396 g/mol. The second-order valence-corrected chi connectivity index (χ2v) is 7.25. The molecular formula is C24H32N2O3. The molecule has 0 atom stereocenters. The summed E-state index contributed by atoms with van der Waals surface area (Å²) in [5.74, 6) is 1.40. The van der Waals surface area contributed by atoms with E-state index in [0.29, 0.717) is 30.3 Å². The molecule has 0 N–H and O–H groups in total. The lowest BCUT2D eigenvalue weighted by molar-refractivity contribution is 0.0635. The summed E-state index contributed by atoms with van der Waals surface area (Å²) < 4.78 is 11.3. The van der Waals surface area contributed by atoms with Crippen molar-refractivity contribution in [2.45, 2.75) is 26.7 Å². The number of ether oxygens (including phenoxy) is 2. The van der Waals surface area contributed by atoms with Gasteiger partial charge in [-0.15, -0.1) is 0 Å². The third-order valence-electron chi connectivity index (χ3n) is 5.23. The summed E-state index contributed by atoms with van der Waals surface area (Å²) in [6.45, 7) is 9.44. The lowest BCUT2D eigenvalue weighted by Crippen LogP contribution is -2.48. The lowest BCUT2D eigenvalue weighted by Gasteiger charge is -2.34. The maximum atomic E-state index is 12.9. The molecule has 1 fully saturated rings. The van der Waals surface area contributed by atoms with Crippen molar-refractivity contribution in [2.24, 2.45) is 0 Å². The fraction of sp³-hybridized carbons (Fsp3) is 0.458. The van der Waals surface area contributed by atoms with Crippen molar-refractivity contribution in [3.8, 4) is 11.5 Å². The first kappa shape index (κ1) is 21.2. The van der Waals surface area contributed by atoms with Gasteiger partial charge in [-0.2, -0.15) is 0 Å². The molecule has 0 bridgehead atoms. The van der Waals surface area contributed by atoms with Crippen molar-refractivity contribution < 1.29 is 14.3 Å². The molecule has 156 valence electrons. The molecular weight excluding hydrogens is 364 g/mol. The highest BCUT2D eigenvalue weighted by Gasteiger charge is 2.23. The SMILES string of the molecule is CCOc1ccc(C(=O)N2CCN(CCCc3ccccc3)CC2)cc1OCC. The summed E-state index contributed by atoms with van der Waals surface area (Å²) in [4.78, 5) is 17.3. The Hall–Kier alpha value is -2.53. The lowest BCUT2D eigenvalue weighted by atomic mass is 10.1. The Morgan fingerprint density at radius 3 is 2.28 bits per heavy atom. The van der Waals surface area contributed by atoms with E-state index in [0.717, 1.165) is 45.6 Å². The minimum Gasteiger partial charge on any atom is -0.490 e. The molecule has 1 aliphatic rings. The summed E-state index contributed by atoms with van der Waals surface area (Å²) in [5.41, 5.74) is 2.05. The van der Waals surface area contributed by atoms with Crippen LogP contribution in [0, 0.1) is 0 Å². The molecule has 29 heavy (non-hydrogen) atoms. The van der Waals surface area contributed by atoms with Crippen LogP contribution in [0.4, 0.5) is 0 Å². The van der Waals surface area contributed by atoms with Crippen LogP contribution < -0.4 is 9.47 Å². The highest BCUT2D eigenvalue weighted by Crippen LogP contribution is 2.29. The summed E-state index contributed by atoms with van der Waals surface area (Å²) in [5, 5.41) is 0. The summed E-state index contributed by atoms with van der Waals surface area (Å²) >= 11 is 0. The van der Waals surface area contributed by atoms with Crippen LogP contribution in [0.1, 0.15) is 36.2 Å². The van der Waals surface area contributed by atoms with E-state index in [9.17, 15) is 4.79 Å². The van der Waals surface area contributed by atoms with Crippen molar-refractivity contribution in [2.75, 3.05) is 45.9 Å². The predicted molar refractivity (Wildman–Crippen MR) is 116 cm³/mol. The Kier molecular flexibility index (Phi) is 7.94. The maximum absolute atomic E-state index is 12.9. The third kappa shape index (κ3) is 5.97. The van der Waals surface area contributed by atoms with Crippen molar-refractivity contribution in [3.05, 3.63) is 59.7 Å². The molecule has 0 radical (unpaired) electrons. The highest BCUT2D eigenvalue weighted by molar-refractivity contribution is 5.95. The Labute approximate surface area is 174 Å². The zero-order chi connectivity index (χ0) is 20.5. The minimum atomic E-state index is 0.0675. The van der Waals surface area contributed by atoms with Gasteiger partial charge in [0, 0.05) is 31.7 Å². The Morgan fingerprint density at radius 2 is 1.59 bits per heavy atom. The first-order chi connectivity index (χ1) is 14.2. The first-order valence-electron chi connectivity index (χ1n) is 10.7. The van der Waals surface area contributed by atoms with Gasteiger partial charge in [-0.25, -0.2) is 0 Å². The summed E-state index contributed by atoms with van der Waals surface area (Å²) in [7, 11) is 0. The predicted octanol–water partition coefficient (Wildman–Crippen LogP) is 3.87. The average Bonchev–Trinajstić information content (AvgIpc) is 2.76. The van der Waals surface area contributed by atoms with Crippen LogP contribution in [-0.2, 0) is 6.42 Å². The van der Waals surface area contributed by atoms with E-state index >= 15 is 0 Å². The number of benzene rings is 2. The molecule has 0 spiro atoms. The fourth-order valence-electron chi connectivity index (χ4n) is 3.69. The number of hydrogen-bond donors (Lipinski definition) is 0. The summed E-state index contributed by atoms with van der Waals surface area (Å²) in [6, 6.07) is 16.1. The number of carbonyl (C=O) groups excluding carboxylic acids is 1. The molecule has 1 aliphatic heterocycles. The molecule has 5 nitrogen and oxygen atoms in total. The van der Waals surface area contributed by atoms with Crippen LogP contribution >= 0.6 is 0 Å². The fourth-order valence-corrected chi connectivity index (χ4v) is 3.69. The number of aryl methyl sites for hydroxylation is 1. The van der Waals surface area contributed by atoms with Gasteiger partial charge in [0.2, 0.25) is 0 Å². The van der Waals surface area contributed by atoms with Crippen LogP contribution in [0.2, 0.25) is 0 Å². The summed E-state index contributed by atoms with van der Waals surface area (Å²) in [6.07, 6.45) is 2.25. The normalized spacial score (nSPS) is 14.6. The van der Waals surface area contributed by atoms with Gasteiger partial charge < -0.3 is 14.4 Å². The second kappa shape index (κ2) is 10.9. The van der Waals surface area contributed by atoms with E-state index in [1.54, 1.807) is 0 Å². The first-order valence-corrected chi connectivity index (χ1v) is 10.7. The Balaban J connectivity index is 1.50. The van der Waals surface area contributed by atoms with Crippen molar-refractivity contribution in [1.29, 1.82) is 0 Å². The molecule has 0 aliphatic carbocycles. The zero-order valence-electron chi connectivity index (χ0n) is 17.6. The molecule has 0 aromatic heterocycles. The van der Waals surface area contributed by atoms with Gasteiger partial charge in [-0.05, 0) is 57.0 Å². The van der Waals surface area contributed by atoms with Gasteiger partial charge in [0.25, 0.3) is 5.91 Å². The molecule has 0 saturated carbocycles. The quantitative estimate of drug-likeness (QED) is 0.645. The van der Waals surface area contributed by atoms with E-state index in [4.69, 9.17) is 9.47 Å². The van der Waals surface area contributed by atoms with E-state index in [1.165, 1.54) is 5.56 Å². The maximum Gasteiger partial charge on any atom is 0.254 e. The average molecular weight is 397 g/mol. The van der Waals surface area contributed by atoms with Crippen LogP contribution in [0.15, 0.2) is 48.5 Å². The third-order valence-corrected chi connectivity index (χ3v) is 5.23. The van der Waals surface area contributed by atoms with Crippen molar-refractivity contribution in [1.82, 2.24) is 9.80 Å². The largest absolute Gasteiger partial charge is 0.490 e. The van der Waals surface area contributed by atoms with Gasteiger partial charge in [0.15, 0.2) is 11.5 Å². The number of piperazine rings is 1. The molecule has 0 unspecified atom stereocenters. The van der Waals surface area contributed by atoms with Crippen LogP contribution in [0.25, 0.3) is 0 Å². The van der Waals surface area contributed by atoms with Gasteiger partial charge in [0.1, 0.15) is 0 Å². The van der Waals surface area contributed by atoms with Gasteiger partial charge in [-0.1, -0.05) is 30.3 Å². The molecule has 5 heteroatoms. The van der Waals surface area contributed by atoms with Crippen LogP contribution in [-0.4, -0.2) is 61.6 Å². The van der Waals surface area contributed by atoms with E-state index in [-0.39, 0.29) is 5.91 Å². The standard InChI is InChI=1S/C24H32N2O3/c1-3-28-22-13-12-21(19-23(22)29-4-2)24(27)26-17-15-25(16-18-26)14-8-11-20-9-6-5-7-10-20/h5-7,9-10,12-13,19H,3-4,8,11,14-18H2,1-2H3. The zero-order valence-corrected chi connectivity index (χ0v) is 17.6. The van der Waals surface area contributed by atoms with Crippen LogP contribution in [0.5, 0.6) is 11.5 Å². The topological polar surface area (TPSA) is 42.0 Å². The van der Waals surface area contributed by atoms with Crippen LogP contribution in [0.3, 0.4) is 0 Å².